The molecule has 0 aliphatic rings. The number of aromatic carboxylic acids is 1. The van der Waals surface area contributed by atoms with Gasteiger partial charge >= 0.3 is 5.97 Å². The minimum atomic E-state index is -0.991. The lowest BCUT2D eigenvalue weighted by atomic mass is 9.99. The standard InChI is InChI=1S/C15H17NO3/c1-9(2)8-12-13(15(17)18)14(16-19-12)11-7-5-4-6-10(11)3/h4-7,9H,8H2,1-3H3,(H,17,18). The van der Waals surface area contributed by atoms with Crippen molar-refractivity contribution >= 4 is 5.97 Å². The Balaban J connectivity index is 2.56. The lowest BCUT2D eigenvalue weighted by Crippen LogP contribution is -2.04. The van der Waals surface area contributed by atoms with Gasteiger partial charge in [-0.15, -0.1) is 0 Å². The van der Waals surface area contributed by atoms with Crippen molar-refractivity contribution in [1.82, 2.24) is 5.16 Å². The van der Waals surface area contributed by atoms with Gasteiger partial charge in [0.2, 0.25) is 0 Å². The van der Waals surface area contributed by atoms with Crippen LogP contribution in [0, 0.1) is 12.8 Å². The second kappa shape index (κ2) is 5.26. The first-order valence-electron chi connectivity index (χ1n) is 6.28. The average molecular weight is 259 g/mol. The van der Waals surface area contributed by atoms with Gasteiger partial charge in [-0.3, -0.25) is 0 Å². The Morgan fingerprint density at radius 3 is 2.63 bits per heavy atom. The fourth-order valence-corrected chi connectivity index (χ4v) is 2.08. The highest BCUT2D eigenvalue weighted by Crippen LogP contribution is 2.29. The largest absolute Gasteiger partial charge is 0.477 e. The van der Waals surface area contributed by atoms with Gasteiger partial charge in [0.1, 0.15) is 11.3 Å². The van der Waals surface area contributed by atoms with Crippen LogP contribution in [0.15, 0.2) is 28.8 Å². The van der Waals surface area contributed by atoms with Gasteiger partial charge in [0.25, 0.3) is 0 Å². The zero-order valence-corrected chi connectivity index (χ0v) is 11.3. The Hall–Kier alpha value is -2.10. The van der Waals surface area contributed by atoms with E-state index >= 15 is 0 Å². The number of carbonyl (C=O) groups is 1. The molecule has 1 heterocycles. The summed E-state index contributed by atoms with van der Waals surface area (Å²) in [4.78, 5) is 11.5. The Kier molecular flexibility index (Phi) is 3.69. The number of nitrogens with zero attached hydrogens (tertiary/aromatic N) is 1. The minimum absolute atomic E-state index is 0.183. The predicted molar refractivity (Wildman–Crippen MR) is 72.2 cm³/mol. The third-order valence-corrected chi connectivity index (χ3v) is 2.97. The first kappa shape index (κ1) is 13.3. The monoisotopic (exact) mass is 259 g/mol. The minimum Gasteiger partial charge on any atom is -0.477 e. The molecule has 19 heavy (non-hydrogen) atoms. The third kappa shape index (κ3) is 2.67. The molecule has 0 aliphatic carbocycles. The molecule has 1 aromatic carbocycles. The van der Waals surface area contributed by atoms with E-state index in [-0.39, 0.29) is 5.56 Å². The summed E-state index contributed by atoms with van der Waals surface area (Å²) >= 11 is 0. The summed E-state index contributed by atoms with van der Waals surface area (Å²) in [6.45, 7) is 5.96. The number of aryl methyl sites for hydroxylation is 1. The number of hydrogen-bond acceptors (Lipinski definition) is 3. The molecular formula is C15H17NO3. The number of rotatable bonds is 4. The molecule has 1 N–H and O–H groups in total. The van der Waals surface area contributed by atoms with E-state index in [0.717, 1.165) is 11.1 Å². The molecule has 0 spiro atoms. The Morgan fingerprint density at radius 1 is 1.37 bits per heavy atom. The molecule has 0 aliphatic heterocycles. The van der Waals surface area contributed by atoms with Crippen LogP contribution in [0.2, 0.25) is 0 Å². The lowest BCUT2D eigenvalue weighted by Gasteiger charge is -2.04. The zero-order chi connectivity index (χ0) is 14.0. The quantitative estimate of drug-likeness (QED) is 0.912. The van der Waals surface area contributed by atoms with Crippen LogP contribution < -0.4 is 0 Å². The van der Waals surface area contributed by atoms with Crippen LogP contribution in [0.5, 0.6) is 0 Å². The van der Waals surface area contributed by atoms with Gasteiger partial charge in [-0.25, -0.2) is 4.79 Å². The molecule has 2 rings (SSSR count). The topological polar surface area (TPSA) is 63.3 Å². The maximum absolute atomic E-state index is 11.5. The number of carboxylic acid groups (broad SMARTS) is 1. The molecule has 0 radical (unpaired) electrons. The molecule has 4 heteroatoms. The van der Waals surface area contributed by atoms with Crippen molar-refractivity contribution in [1.29, 1.82) is 0 Å². The van der Waals surface area contributed by atoms with Crippen molar-refractivity contribution in [2.45, 2.75) is 27.2 Å². The molecule has 1 aromatic heterocycles. The summed E-state index contributed by atoms with van der Waals surface area (Å²) in [5.74, 6) is -0.230. The first-order valence-corrected chi connectivity index (χ1v) is 6.28. The van der Waals surface area contributed by atoms with Crippen LogP contribution >= 0.6 is 0 Å². The van der Waals surface area contributed by atoms with Crippen molar-refractivity contribution in [3.8, 4) is 11.3 Å². The molecule has 0 bridgehead atoms. The molecule has 0 amide bonds. The molecule has 0 fully saturated rings. The third-order valence-electron chi connectivity index (χ3n) is 2.97. The van der Waals surface area contributed by atoms with Gasteiger partial charge in [0.15, 0.2) is 5.76 Å². The van der Waals surface area contributed by atoms with Crippen LogP contribution in [0.4, 0.5) is 0 Å². The van der Waals surface area contributed by atoms with Crippen molar-refractivity contribution in [3.63, 3.8) is 0 Å². The number of aromatic nitrogens is 1. The molecular weight excluding hydrogens is 242 g/mol. The summed E-state index contributed by atoms with van der Waals surface area (Å²) in [5, 5.41) is 13.4. The van der Waals surface area contributed by atoms with Crippen LogP contribution in [0.25, 0.3) is 11.3 Å². The first-order chi connectivity index (χ1) is 9.00. The average Bonchev–Trinajstić information content (AvgIpc) is 2.72. The number of hydrogen-bond donors (Lipinski definition) is 1. The summed E-state index contributed by atoms with van der Waals surface area (Å²) in [6, 6.07) is 7.57. The summed E-state index contributed by atoms with van der Waals surface area (Å²) in [7, 11) is 0. The van der Waals surface area contributed by atoms with E-state index in [1.54, 1.807) is 0 Å². The molecule has 0 saturated heterocycles. The Labute approximate surface area is 112 Å². The van der Waals surface area contributed by atoms with Crippen molar-refractivity contribution in [2.75, 3.05) is 0 Å². The Bertz CT molecular complexity index is 599. The van der Waals surface area contributed by atoms with Crippen LogP contribution in [-0.4, -0.2) is 16.2 Å². The second-order valence-corrected chi connectivity index (χ2v) is 5.05. The molecule has 0 atom stereocenters. The van der Waals surface area contributed by atoms with Gasteiger partial charge in [-0.1, -0.05) is 43.3 Å². The van der Waals surface area contributed by atoms with Gasteiger partial charge in [-0.2, -0.15) is 0 Å². The van der Waals surface area contributed by atoms with E-state index < -0.39 is 5.97 Å². The second-order valence-electron chi connectivity index (χ2n) is 5.05. The number of carboxylic acids is 1. The van der Waals surface area contributed by atoms with E-state index in [1.165, 1.54) is 0 Å². The molecule has 4 nitrogen and oxygen atoms in total. The highest BCUT2D eigenvalue weighted by Gasteiger charge is 2.24. The van der Waals surface area contributed by atoms with Gasteiger partial charge < -0.3 is 9.63 Å². The highest BCUT2D eigenvalue weighted by atomic mass is 16.5. The smallest absolute Gasteiger partial charge is 0.341 e. The fraction of sp³-hybridized carbons (Fsp3) is 0.333. The summed E-state index contributed by atoms with van der Waals surface area (Å²) < 4.78 is 5.25. The molecule has 100 valence electrons. The zero-order valence-electron chi connectivity index (χ0n) is 11.3. The summed E-state index contributed by atoms with van der Waals surface area (Å²) in [5.41, 5.74) is 2.39. The predicted octanol–water partition coefficient (Wildman–Crippen LogP) is 3.55. The summed E-state index contributed by atoms with van der Waals surface area (Å²) in [6.07, 6.45) is 0.570. The Morgan fingerprint density at radius 2 is 2.05 bits per heavy atom. The van der Waals surface area contributed by atoms with Gasteiger partial charge in [0.05, 0.1) is 0 Å². The van der Waals surface area contributed by atoms with E-state index in [4.69, 9.17) is 4.52 Å². The van der Waals surface area contributed by atoms with Crippen molar-refractivity contribution in [3.05, 3.63) is 41.2 Å². The normalized spacial score (nSPS) is 10.9. The number of benzene rings is 1. The van der Waals surface area contributed by atoms with Crippen LogP contribution in [0.3, 0.4) is 0 Å². The SMILES string of the molecule is Cc1ccccc1-c1noc(CC(C)C)c1C(=O)O. The van der Waals surface area contributed by atoms with E-state index in [0.29, 0.717) is 23.8 Å². The molecule has 0 unspecified atom stereocenters. The van der Waals surface area contributed by atoms with E-state index in [1.807, 2.05) is 45.0 Å². The maximum atomic E-state index is 11.5. The van der Waals surface area contributed by atoms with Crippen molar-refractivity contribution < 1.29 is 14.4 Å². The maximum Gasteiger partial charge on any atom is 0.341 e. The van der Waals surface area contributed by atoms with Crippen molar-refractivity contribution in [2.24, 2.45) is 5.92 Å². The molecule has 0 saturated carbocycles. The fourth-order valence-electron chi connectivity index (χ4n) is 2.08. The van der Waals surface area contributed by atoms with Crippen LogP contribution in [0.1, 0.15) is 35.5 Å². The highest BCUT2D eigenvalue weighted by molar-refractivity contribution is 5.96. The van der Waals surface area contributed by atoms with E-state index in [9.17, 15) is 9.90 Å². The van der Waals surface area contributed by atoms with Crippen LogP contribution in [-0.2, 0) is 6.42 Å². The lowest BCUT2D eigenvalue weighted by molar-refractivity contribution is 0.0695. The van der Waals surface area contributed by atoms with E-state index in [2.05, 4.69) is 5.16 Å². The molecule has 2 aromatic rings. The van der Waals surface area contributed by atoms with Gasteiger partial charge in [0, 0.05) is 12.0 Å². The van der Waals surface area contributed by atoms with Gasteiger partial charge in [-0.05, 0) is 18.4 Å².